The minimum Gasteiger partial charge on any atom is -0.381 e. The molecule has 0 spiro atoms. The highest BCUT2D eigenvalue weighted by Gasteiger charge is 2.30. The Bertz CT molecular complexity index is 1410. The van der Waals surface area contributed by atoms with Crippen LogP contribution in [0.1, 0.15) is 35.7 Å². The molecule has 10 heteroatoms. The average Bonchev–Trinajstić information content (AvgIpc) is 3.35. The lowest BCUT2D eigenvalue weighted by Gasteiger charge is -2.37. The molecule has 0 atom stereocenters. The number of nitriles is 1. The molecule has 5 rings (SSSR count). The van der Waals surface area contributed by atoms with Crippen LogP contribution < -0.4 is 15.4 Å². The number of nitrogens with one attached hydrogen (secondary N) is 4. The molecule has 0 saturated heterocycles. The molecular weight excluding hydrogens is 460 g/mol. The summed E-state index contributed by atoms with van der Waals surface area (Å²) in [5.74, 6) is -0.124. The zero-order valence-corrected chi connectivity index (χ0v) is 19.9. The van der Waals surface area contributed by atoms with Gasteiger partial charge in [0, 0.05) is 59.9 Å². The molecule has 4 heterocycles. The molecule has 0 unspecified atom stereocenters. The summed E-state index contributed by atoms with van der Waals surface area (Å²) in [4.78, 5) is 28.9. The molecule has 0 radical (unpaired) electrons. The summed E-state index contributed by atoms with van der Waals surface area (Å²) in [6.07, 6.45) is 8.84. The van der Waals surface area contributed by atoms with Crippen LogP contribution in [0.2, 0.25) is 0 Å². The van der Waals surface area contributed by atoms with Gasteiger partial charge in [0.2, 0.25) is 0 Å². The zero-order valence-electron chi connectivity index (χ0n) is 19.1. The van der Waals surface area contributed by atoms with E-state index in [9.17, 15) is 4.79 Å². The number of H-pyrrole nitrogens is 1. The molecular formula is C25H24N8OS. The monoisotopic (exact) mass is 484 g/mol. The van der Waals surface area contributed by atoms with Gasteiger partial charge < -0.3 is 15.6 Å². The maximum atomic E-state index is 12.3. The molecule has 1 aliphatic carbocycles. The molecule has 4 aromatic rings. The molecule has 176 valence electrons. The van der Waals surface area contributed by atoms with Crippen molar-refractivity contribution < 1.29 is 4.79 Å². The molecule has 1 fully saturated rings. The Labute approximate surface area is 206 Å². The first-order valence-electron chi connectivity index (χ1n) is 11.4. The molecule has 35 heavy (non-hydrogen) atoms. The van der Waals surface area contributed by atoms with E-state index in [0.717, 1.165) is 40.2 Å². The number of nitrogens with zero attached hydrogens (tertiary/aromatic N) is 4. The van der Waals surface area contributed by atoms with Gasteiger partial charge in [-0.25, -0.2) is 9.97 Å². The highest BCUT2D eigenvalue weighted by atomic mass is 32.2. The van der Waals surface area contributed by atoms with Gasteiger partial charge in [-0.05, 0) is 62.0 Å². The average molecular weight is 485 g/mol. The van der Waals surface area contributed by atoms with Crippen molar-refractivity contribution in [3.05, 3.63) is 66.2 Å². The lowest BCUT2D eigenvalue weighted by Crippen LogP contribution is -2.45. The minimum absolute atomic E-state index is 0.124. The van der Waals surface area contributed by atoms with Crippen molar-refractivity contribution in [1.29, 1.82) is 5.26 Å². The standard InChI is InChI=1S/C25H24N8OS/c1-2-27-25(34)16-4-7-28-21(10-16)20-14-31-24-19(5-8-30-24)23(20)32-17-11-18(12-17)33-35-22-9-15(13-26)3-6-29-22/h3-10,14,17-18,33H,2,11-12H2,1H3,(H,27,34)(H2,30,31,32)/t17-,18+. The summed E-state index contributed by atoms with van der Waals surface area (Å²) in [6.45, 7) is 2.46. The molecule has 0 bridgehead atoms. The lowest BCUT2D eigenvalue weighted by atomic mass is 9.87. The van der Waals surface area contributed by atoms with Gasteiger partial charge in [0.15, 0.2) is 0 Å². The van der Waals surface area contributed by atoms with Gasteiger partial charge >= 0.3 is 0 Å². The quantitative estimate of drug-likeness (QED) is 0.277. The maximum Gasteiger partial charge on any atom is 0.251 e. The topological polar surface area (TPSA) is 131 Å². The Morgan fingerprint density at radius 3 is 2.86 bits per heavy atom. The van der Waals surface area contributed by atoms with Gasteiger partial charge in [0.25, 0.3) is 5.91 Å². The van der Waals surface area contributed by atoms with E-state index >= 15 is 0 Å². The number of carbonyl (C=O) groups is 1. The fraction of sp³-hybridized carbons (Fsp3) is 0.240. The fourth-order valence-electron chi connectivity index (χ4n) is 4.05. The number of aromatic amines is 1. The van der Waals surface area contributed by atoms with E-state index in [-0.39, 0.29) is 11.9 Å². The molecule has 9 nitrogen and oxygen atoms in total. The Morgan fingerprint density at radius 2 is 2.03 bits per heavy atom. The van der Waals surface area contributed by atoms with E-state index in [1.165, 1.54) is 11.9 Å². The Hall–Kier alpha value is -3.94. The Kier molecular flexibility index (Phi) is 6.61. The number of pyridine rings is 3. The molecule has 1 aliphatic rings. The summed E-state index contributed by atoms with van der Waals surface area (Å²) in [5.41, 5.74) is 4.46. The normalized spacial score (nSPS) is 16.9. The van der Waals surface area contributed by atoms with Crippen LogP contribution in [0.15, 0.2) is 60.1 Å². The Balaban J connectivity index is 1.31. The van der Waals surface area contributed by atoms with Crippen LogP contribution in [-0.4, -0.2) is 44.5 Å². The first-order valence-corrected chi connectivity index (χ1v) is 12.2. The number of anilines is 1. The predicted octanol–water partition coefficient (Wildman–Crippen LogP) is 3.88. The second-order valence-electron chi connectivity index (χ2n) is 8.30. The van der Waals surface area contributed by atoms with Crippen LogP contribution in [-0.2, 0) is 0 Å². The van der Waals surface area contributed by atoms with Gasteiger partial charge in [-0.3, -0.25) is 14.5 Å². The summed E-state index contributed by atoms with van der Waals surface area (Å²) in [5, 5.41) is 17.3. The van der Waals surface area contributed by atoms with E-state index in [2.05, 4.69) is 41.4 Å². The largest absolute Gasteiger partial charge is 0.381 e. The third-order valence-corrected chi connectivity index (χ3v) is 6.79. The van der Waals surface area contributed by atoms with Crippen LogP contribution in [0.4, 0.5) is 5.69 Å². The van der Waals surface area contributed by atoms with Gasteiger partial charge in [-0.1, -0.05) is 0 Å². The number of carbonyl (C=O) groups excluding carboxylic acids is 1. The molecule has 1 amide bonds. The highest BCUT2D eigenvalue weighted by Crippen LogP contribution is 2.36. The second kappa shape index (κ2) is 10.1. The van der Waals surface area contributed by atoms with Crippen LogP contribution in [0.5, 0.6) is 0 Å². The number of hydrogen-bond donors (Lipinski definition) is 4. The molecule has 4 N–H and O–H groups in total. The number of rotatable bonds is 8. The third kappa shape index (κ3) is 4.96. The van der Waals surface area contributed by atoms with Crippen LogP contribution in [0.25, 0.3) is 22.3 Å². The van der Waals surface area contributed by atoms with Crippen molar-refractivity contribution in [2.24, 2.45) is 0 Å². The van der Waals surface area contributed by atoms with Gasteiger partial charge in [-0.15, -0.1) is 0 Å². The van der Waals surface area contributed by atoms with Crippen molar-refractivity contribution >= 4 is 34.6 Å². The number of fused-ring (bicyclic) bond motifs is 1. The predicted molar refractivity (Wildman–Crippen MR) is 136 cm³/mol. The van der Waals surface area contributed by atoms with Crippen molar-refractivity contribution in [1.82, 2.24) is 30.0 Å². The number of hydrogen-bond acceptors (Lipinski definition) is 8. The first-order chi connectivity index (χ1) is 17.1. The van der Waals surface area contributed by atoms with E-state index in [0.29, 0.717) is 29.4 Å². The Morgan fingerprint density at radius 1 is 1.17 bits per heavy atom. The molecule has 4 aromatic heterocycles. The highest BCUT2D eigenvalue weighted by molar-refractivity contribution is 7.97. The molecule has 0 aliphatic heterocycles. The summed E-state index contributed by atoms with van der Waals surface area (Å²) >= 11 is 1.45. The SMILES string of the molecule is CCNC(=O)c1ccnc(-c2cnc3[nH]ccc3c2N[C@H]2C[C@@H](NSc3cc(C#N)ccn3)C2)c1. The van der Waals surface area contributed by atoms with E-state index in [1.54, 1.807) is 42.9 Å². The third-order valence-electron chi connectivity index (χ3n) is 5.90. The van der Waals surface area contributed by atoms with Crippen LogP contribution in [0.3, 0.4) is 0 Å². The smallest absolute Gasteiger partial charge is 0.251 e. The minimum atomic E-state index is -0.124. The summed E-state index contributed by atoms with van der Waals surface area (Å²) < 4.78 is 3.44. The number of aromatic nitrogens is 4. The first kappa shape index (κ1) is 22.8. The van der Waals surface area contributed by atoms with Crippen LogP contribution >= 0.6 is 11.9 Å². The van der Waals surface area contributed by atoms with E-state index in [4.69, 9.17) is 5.26 Å². The number of amides is 1. The van der Waals surface area contributed by atoms with Gasteiger partial charge in [-0.2, -0.15) is 5.26 Å². The summed E-state index contributed by atoms with van der Waals surface area (Å²) in [7, 11) is 0. The second-order valence-corrected chi connectivity index (χ2v) is 9.16. The molecule has 1 saturated carbocycles. The van der Waals surface area contributed by atoms with Crippen molar-refractivity contribution in [2.75, 3.05) is 11.9 Å². The fourth-order valence-corrected chi connectivity index (χ4v) is 4.83. The van der Waals surface area contributed by atoms with Crippen molar-refractivity contribution in [3.63, 3.8) is 0 Å². The van der Waals surface area contributed by atoms with Crippen molar-refractivity contribution in [3.8, 4) is 17.3 Å². The lowest BCUT2D eigenvalue weighted by molar-refractivity contribution is 0.0955. The van der Waals surface area contributed by atoms with Crippen molar-refractivity contribution in [2.45, 2.75) is 36.9 Å². The van der Waals surface area contributed by atoms with Gasteiger partial charge in [0.05, 0.1) is 23.0 Å². The zero-order chi connectivity index (χ0) is 24.2. The van der Waals surface area contributed by atoms with Crippen LogP contribution in [0, 0.1) is 11.3 Å². The van der Waals surface area contributed by atoms with Gasteiger partial charge in [0.1, 0.15) is 10.7 Å². The van der Waals surface area contributed by atoms with E-state index < -0.39 is 0 Å². The summed E-state index contributed by atoms with van der Waals surface area (Å²) in [6, 6.07) is 11.7. The molecule has 0 aromatic carbocycles. The maximum absolute atomic E-state index is 12.3. The van der Waals surface area contributed by atoms with E-state index in [1.807, 2.05) is 19.2 Å².